The van der Waals surface area contributed by atoms with Crippen molar-refractivity contribution in [1.82, 2.24) is 4.98 Å². The van der Waals surface area contributed by atoms with Gasteiger partial charge in [-0.15, -0.1) is 0 Å². The first kappa shape index (κ1) is 12.1. The van der Waals surface area contributed by atoms with Crippen LogP contribution in [0, 0.1) is 11.8 Å². The zero-order valence-corrected chi connectivity index (χ0v) is 11.2. The van der Waals surface area contributed by atoms with E-state index in [1.807, 2.05) is 6.20 Å². The summed E-state index contributed by atoms with van der Waals surface area (Å²) in [5.74, 6) is 1.15. The van der Waals surface area contributed by atoms with Gasteiger partial charge in [0.2, 0.25) is 0 Å². The molecule has 1 aromatic heterocycles. The second kappa shape index (κ2) is 5.28. The zero-order valence-electron chi connectivity index (χ0n) is 9.56. The minimum Gasteiger partial charge on any atom is -0.393 e. The van der Waals surface area contributed by atoms with Gasteiger partial charge in [0.15, 0.2) is 0 Å². The van der Waals surface area contributed by atoms with Gasteiger partial charge in [0, 0.05) is 16.9 Å². The number of hydrogen-bond acceptors (Lipinski definition) is 2. The summed E-state index contributed by atoms with van der Waals surface area (Å²) in [5.41, 5.74) is 1.22. The fraction of sp³-hybridized carbons (Fsp3) is 0.615. The van der Waals surface area contributed by atoms with Crippen molar-refractivity contribution in [3.05, 3.63) is 28.5 Å². The Kier molecular flexibility index (Phi) is 3.98. The molecule has 0 aromatic carbocycles. The smallest absolute Gasteiger partial charge is 0.0571 e. The van der Waals surface area contributed by atoms with Gasteiger partial charge in [-0.1, -0.05) is 6.92 Å². The molecule has 3 heteroatoms. The van der Waals surface area contributed by atoms with Gasteiger partial charge in [-0.25, -0.2) is 0 Å². The van der Waals surface area contributed by atoms with Gasteiger partial charge in [0.25, 0.3) is 0 Å². The number of aromatic nitrogens is 1. The number of aliphatic hydroxyl groups is 1. The van der Waals surface area contributed by atoms with Crippen LogP contribution in [0.5, 0.6) is 0 Å². The lowest BCUT2D eigenvalue weighted by Gasteiger charge is -2.31. The van der Waals surface area contributed by atoms with E-state index in [4.69, 9.17) is 0 Å². The van der Waals surface area contributed by atoms with Crippen molar-refractivity contribution in [3.8, 4) is 0 Å². The molecule has 1 N–H and O–H groups in total. The maximum absolute atomic E-state index is 9.99. The lowest BCUT2D eigenvalue weighted by molar-refractivity contribution is 0.0519. The van der Waals surface area contributed by atoms with Gasteiger partial charge in [-0.3, -0.25) is 4.98 Å². The molecule has 1 aromatic rings. The molecule has 0 aliphatic heterocycles. The molecule has 3 atom stereocenters. The third-order valence-electron chi connectivity index (χ3n) is 3.46. The van der Waals surface area contributed by atoms with Gasteiger partial charge < -0.3 is 5.11 Å². The summed E-state index contributed by atoms with van der Waals surface area (Å²) in [6, 6.07) is 2.10. The molecule has 3 unspecified atom stereocenters. The van der Waals surface area contributed by atoms with Crippen LogP contribution in [0.3, 0.4) is 0 Å². The number of rotatable bonds is 2. The first-order valence-corrected chi connectivity index (χ1v) is 6.72. The second-order valence-electron chi connectivity index (χ2n) is 4.96. The lowest BCUT2D eigenvalue weighted by atomic mass is 9.78. The summed E-state index contributed by atoms with van der Waals surface area (Å²) in [4.78, 5) is 4.17. The number of pyridine rings is 1. The molecule has 2 nitrogen and oxygen atoms in total. The average molecular weight is 284 g/mol. The molecule has 1 saturated carbocycles. The quantitative estimate of drug-likeness (QED) is 0.904. The van der Waals surface area contributed by atoms with Crippen molar-refractivity contribution in [2.45, 2.75) is 38.7 Å². The highest BCUT2D eigenvalue weighted by atomic mass is 79.9. The van der Waals surface area contributed by atoms with Crippen molar-refractivity contribution in [2.24, 2.45) is 11.8 Å². The minimum atomic E-state index is -0.129. The van der Waals surface area contributed by atoms with Crippen LogP contribution in [0.1, 0.15) is 31.7 Å². The van der Waals surface area contributed by atoms with Crippen LogP contribution in [0.2, 0.25) is 0 Å². The Labute approximate surface area is 105 Å². The Hall–Kier alpha value is -0.410. The summed E-state index contributed by atoms with van der Waals surface area (Å²) in [6.07, 6.45) is 7.75. The largest absolute Gasteiger partial charge is 0.393 e. The van der Waals surface area contributed by atoms with Crippen molar-refractivity contribution < 1.29 is 5.11 Å². The standard InChI is InChI=1S/C13H18BrNO/c1-9-2-3-13(16)11(4-9)5-10-6-12(14)8-15-7-10/h6-9,11,13,16H,2-5H2,1H3. The fourth-order valence-electron chi connectivity index (χ4n) is 2.57. The molecular weight excluding hydrogens is 266 g/mol. The van der Waals surface area contributed by atoms with Gasteiger partial charge in [-0.05, 0) is 65.1 Å². The van der Waals surface area contributed by atoms with Crippen LogP contribution in [0.4, 0.5) is 0 Å². The Balaban J connectivity index is 2.02. The number of aliphatic hydroxyl groups excluding tert-OH is 1. The third kappa shape index (κ3) is 3.05. The normalized spacial score (nSPS) is 30.3. The van der Waals surface area contributed by atoms with Crippen LogP contribution in [-0.4, -0.2) is 16.2 Å². The predicted molar refractivity (Wildman–Crippen MR) is 68.2 cm³/mol. The average Bonchev–Trinajstić information content (AvgIpc) is 2.24. The number of halogens is 1. The second-order valence-corrected chi connectivity index (χ2v) is 5.88. The lowest BCUT2D eigenvalue weighted by Crippen LogP contribution is -2.29. The van der Waals surface area contributed by atoms with Crippen molar-refractivity contribution in [2.75, 3.05) is 0 Å². The van der Waals surface area contributed by atoms with E-state index in [1.54, 1.807) is 6.20 Å². The fourth-order valence-corrected chi connectivity index (χ4v) is 2.98. The minimum absolute atomic E-state index is 0.129. The molecule has 0 radical (unpaired) electrons. The van der Waals surface area contributed by atoms with Gasteiger partial charge in [0.05, 0.1) is 6.10 Å². The summed E-state index contributed by atoms with van der Waals surface area (Å²) >= 11 is 3.43. The SMILES string of the molecule is CC1CCC(O)C(Cc2cncc(Br)c2)C1. The van der Waals surface area contributed by atoms with E-state index in [0.717, 1.165) is 36.1 Å². The maximum atomic E-state index is 9.99. The van der Waals surface area contributed by atoms with E-state index in [1.165, 1.54) is 5.56 Å². The van der Waals surface area contributed by atoms with E-state index in [9.17, 15) is 5.11 Å². The highest BCUT2D eigenvalue weighted by Gasteiger charge is 2.27. The Morgan fingerprint density at radius 3 is 3.00 bits per heavy atom. The molecule has 1 aliphatic rings. The molecule has 16 heavy (non-hydrogen) atoms. The Morgan fingerprint density at radius 2 is 2.25 bits per heavy atom. The van der Waals surface area contributed by atoms with Crippen LogP contribution in [0.15, 0.2) is 22.9 Å². The first-order chi connectivity index (χ1) is 7.65. The van der Waals surface area contributed by atoms with E-state index in [0.29, 0.717) is 5.92 Å². The predicted octanol–water partition coefficient (Wildman–Crippen LogP) is 3.18. The highest BCUT2D eigenvalue weighted by molar-refractivity contribution is 9.10. The van der Waals surface area contributed by atoms with E-state index in [2.05, 4.69) is 33.9 Å². The monoisotopic (exact) mass is 283 g/mol. The number of hydrogen-bond donors (Lipinski definition) is 1. The molecule has 2 rings (SSSR count). The summed E-state index contributed by atoms with van der Waals surface area (Å²) in [5, 5.41) is 9.99. The van der Waals surface area contributed by atoms with E-state index < -0.39 is 0 Å². The molecule has 0 amide bonds. The van der Waals surface area contributed by atoms with Crippen LogP contribution in [0.25, 0.3) is 0 Å². The zero-order chi connectivity index (χ0) is 11.5. The van der Waals surface area contributed by atoms with Gasteiger partial charge >= 0.3 is 0 Å². The molecule has 0 spiro atoms. The van der Waals surface area contributed by atoms with Gasteiger partial charge in [0.1, 0.15) is 0 Å². The molecule has 1 fully saturated rings. The van der Waals surface area contributed by atoms with Crippen molar-refractivity contribution >= 4 is 15.9 Å². The third-order valence-corrected chi connectivity index (χ3v) is 3.90. The molecular formula is C13H18BrNO. The Bertz CT molecular complexity index is 356. The maximum Gasteiger partial charge on any atom is 0.0571 e. The van der Waals surface area contributed by atoms with E-state index in [-0.39, 0.29) is 6.10 Å². The topological polar surface area (TPSA) is 33.1 Å². The van der Waals surface area contributed by atoms with Gasteiger partial charge in [-0.2, -0.15) is 0 Å². The highest BCUT2D eigenvalue weighted by Crippen LogP contribution is 2.31. The van der Waals surface area contributed by atoms with Crippen LogP contribution < -0.4 is 0 Å². The summed E-state index contributed by atoms with van der Waals surface area (Å²) in [7, 11) is 0. The summed E-state index contributed by atoms with van der Waals surface area (Å²) in [6.45, 7) is 2.28. The molecule has 88 valence electrons. The van der Waals surface area contributed by atoms with E-state index >= 15 is 0 Å². The van der Waals surface area contributed by atoms with Crippen molar-refractivity contribution in [1.29, 1.82) is 0 Å². The molecule has 0 saturated heterocycles. The Morgan fingerprint density at radius 1 is 1.44 bits per heavy atom. The van der Waals surface area contributed by atoms with Crippen LogP contribution in [-0.2, 0) is 6.42 Å². The molecule has 1 heterocycles. The molecule has 0 bridgehead atoms. The van der Waals surface area contributed by atoms with Crippen molar-refractivity contribution in [3.63, 3.8) is 0 Å². The number of nitrogens with zero attached hydrogens (tertiary/aromatic N) is 1. The first-order valence-electron chi connectivity index (χ1n) is 5.92. The molecule has 1 aliphatic carbocycles. The van der Waals surface area contributed by atoms with Crippen LogP contribution >= 0.6 is 15.9 Å². The summed E-state index contributed by atoms with van der Waals surface area (Å²) < 4.78 is 1.02.